The standard InChI is InChI=1S/C20H34O3Si/c1-16-13-22-24(19(2,3)4,20(5,6)7)23-18(16)15-21-14-17-11-9-8-10-12-17/h8-12,16,18H,13-15H2,1-7H3/t16-,18-/m0/s1. The van der Waals surface area contributed by atoms with Crippen LogP contribution in [0.15, 0.2) is 30.3 Å². The molecule has 0 aliphatic carbocycles. The maximum atomic E-state index is 6.74. The lowest BCUT2D eigenvalue weighted by Gasteiger charge is -2.54. The summed E-state index contributed by atoms with van der Waals surface area (Å²) in [5, 5.41) is 0.0339. The Morgan fingerprint density at radius 1 is 1.04 bits per heavy atom. The minimum Gasteiger partial charge on any atom is -0.393 e. The molecular weight excluding hydrogens is 316 g/mol. The Morgan fingerprint density at radius 3 is 2.17 bits per heavy atom. The van der Waals surface area contributed by atoms with Crippen LogP contribution in [0, 0.1) is 5.92 Å². The lowest BCUT2D eigenvalue weighted by Crippen LogP contribution is -2.63. The third-order valence-electron chi connectivity index (χ3n) is 4.87. The number of hydrogen-bond donors (Lipinski definition) is 0. The van der Waals surface area contributed by atoms with Crippen LogP contribution in [0.4, 0.5) is 0 Å². The molecule has 4 heteroatoms. The highest BCUT2D eigenvalue weighted by Gasteiger charge is 2.61. The van der Waals surface area contributed by atoms with Crippen molar-refractivity contribution in [2.75, 3.05) is 13.2 Å². The van der Waals surface area contributed by atoms with Gasteiger partial charge in [-0.15, -0.1) is 0 Å². The first-order valence-electron chi connectivity index (χ1n) is 9.00. The van der Waals surface area contributed by atoms with E-state index in [2.05, 4.69) is 60.6 Å². The molecule has 1 aliphatic rings. The van der Waals surface area contributed by atoms with Crippen molar-refractivity contribution in [3.05, 3.63) is 35.9 Å². The Morgan fingerprint density at radius 2 is 1.62 bits per heavy atom. The van der Waals surface area contributed by atoms with Crippen molar-refractivity contribution >= 4 is 8.56 Å². The van der Waals surface area contributed by atoms with E-state index in [1.165, 1.54) is 5.56 Å². The van der Waals surface area contributed by atoms with Crippen LogP contribution >= 0.6 is 0 Å². The van der Waals surface area contributed by atoms with Crippen molar-refractivity contribution in [3.63, 3.8) is 0 Å². The van der Waals surface area contributed by atoms with Gasteiger partial charge in [0.1, 0.15) is 0 Å². The van der Waals surface area contributed by atoms with Gasteiger partial charge < -0.3 is 13.6 Å². The topological polar surface area (TPSA) is 27.7 Å². The van der Waals surface area contributed by atoms with Crippen molar-refractivity contribution in [2.24, 2.45) is 5.92 Å². The lowest BCUT2D eigenvalue weighted by atomic mass is 10.1. The molecule has 1 aromatic rings. The molecule has 1 heterocycles. The van der Waals surface area contributed by atoms with Gasteiger partial charge in [-0.25, -0.2) is 0 Å². The highest BCUT2D eigenvalue weighted by molar-refractivity contribution is 6.73. The second kappa shape index (κ2) is 7.28. The van der Waals surface area contributed by atoms with Crippen molar-refractivity contribution in [2.45, 2.75) is 71.3 Å². The minimum absolute atomic E-state index is 0.0169. The summed E-state index contributed by atoms with van der Waals surface area (Å²) in [6, 6.07) is 10.3. The maximum absolute atomic E-state index is 6.74. The summed E-state index contributed by atoms with van der Waals surface area (Å²) >= 11 is 0. The van der Waals surface area contributed by atoms with Gasteiger partial charge in [0.15, 0.2) is 0 Å². The SMILES string of the molecule is C[C@H]1CO[Si](C(C)(C)C)(C(C)(C)C)O[C@H]1COCc1ccccc1. The molecule has 1 aliphatic heterocycles. The third-order valence-corrected chi connectivity index (χ3v) is 10.0. The molecule has 136 valence electrons. The van der Waals surface area contributed by atoms with Crippen LogP contribution in [0.5, 0.6) is 0 Å². The molecule has 1 aromatic carbocycles. The summed E-state index contributed by atoms with van der Waals surface area (Å²) in [5.41, 5.74) is 1.20. The predicted octanol–water partition coefficient (Wildman–Crippen LogP) is 5.30. The zero-order valence-corrected chi connectivity index (χ0v) is 17.4. The Bertz CT molecular complexity index is 502. The third kappa shape index (κ3) is 4.10. The average Bonchev–Trinajstić information content (AvgIpc) is 2.48. The van der Waals surface area contributed by atoms with Gasteiger partial charge in [0, 0.05) is 22.6 Å². The van der Waals surface area contributed by atoms with Gasteiger partial charge in [-0.2, -0.15) is 0 Å². The van der Waals surface area contributed by atoms with Crippen LogP contribution in [-0.4, -0.2) is 27.9 Å². The van der Waals surface area contributed by atoms with E-state index in [1.54, 1.807) is 0 Å². The van der Waals surface area contributed by atoms with E-state index >= 15 is 0 Å². The Kier molecular flexibility index (Phi) is 5.96. The normalized spacial score (nSPS) is 24.8. The van der Waals surface area contributed by atoms with Gasteiger partial charge >= 0.3 is 8.56 Å². The highest BCUT2D eigenvalue weighted by atomic mass is 28.4. The zero-order chi connectivity index (χ0) is 18.0. The van der Waals surface area contributed by atoms with E-state index in [9.17, 15) is 0 Å². The van der Waals surface area contributed by atoms with Gasteiger partial charge in [-0.05, 0) is 5.56 Å². The van der Waals surface area contributed by atoms with E-state index < -0.39 is 8.56 Å². The van der Waals surface area contributed by atoms with Crippen LogP contribution in [0.2, 0.25) is 10.1 Å². The molecule has 0 aromatic heterocycles. The van der Waals surface area contributed by atoms with Gasteiger partial charge in [0.2, 0.25) is 0 Å². The summed E-state index contributed by atoms with van der Waals surface area (Å²) in [6.07, 6.45) is 0.104. The molecule has 2 rings (SSSR count). The van der Waals surface area contributed by atoms with E-state index in [0.717, 1.165) is 6.61 Å². The smallest absolute Gasteiger partial charge is 0.349 e. The molecule has 24 heavy (non-hydrogen) atoms. The largest absolute Gasteiger partial charge is 0.393 e. The van der Waals surface area contributed by atoms with Crippen molar-refractivity contribution in [3.8, 4) is 0 Å². The van der Waals surface area contributed by atoms with Gasteiger partial charge in [-0.3, -0.25) is 0 Å². The maximum Gasteiger partial charge on any atom is 0.349 e. The number of ether oxygens (including phenoxy) is 1. The average molecular weight is 351 g/mol. The number of rotatable bonds is 4. The Hall–Kier alpha value is -0.683. The second-order valence-electron chi connectivity index (χ2n) is 9.06. The van der Waals surface area contributed by atoms with E-state index in [-0.39, 0.29) is 16.2 Å². The molecule has 0 amide bonds. The highest BCUT2D eigenvalue weighted by Crippen LogP contribution is 2.54. The molecule has 2 atom stereocenters. The van der Waals surface area contributed by atoms with Crippen LogP contribution in [-0.2, 0) is 20.2 Å². The molecule has 0 saturated carbocycles. The minimum atomic E-state index is -2.40. The van der Waals surface area contributed by atoms with Crippen molar-refractivity contribution in [1.82, 2.24) is 0 Å². The molecule has 0 N–H and O–H groups in total. The zero-order valence-electron chi connectivity index (χ0n) is 16.4. The first-order chi connectivity index (χ1) is 11.1. The van der Waals surface area contributed by atoms with Crippen LogP contribution in [0.3, 0.4) is 0 Å². The van der Waals surface area contributed by atoms with Crippen molar-refractivity contribution in [1.29, 1.82) is 0 Å². The monoisotopic (exact) mass is 350 g/mol. The molecule has 0 unspecified atom stereocenters. The molecule has 1 saturated heterocycles. The van der Waals surface area contributed by atoms with Gasteiger partial charge in [0.25, 0.3) is 0 Å². The number of hydrogen-bond acceptors (Lipinski definition) is 3. The predicted molar refractivity (Wildman–Crippen MR) is 101 cm³/mol. The summed E-state index contributed by atoms with van der Waals surface area (Å²) in [6.45, 7) is 17.7. The summed E-state index contributed by atoms with van der Waals surface area (Å²) in [7, 11) is -2.40. The summed E-state index contributed by atoms with van der Waals surface area (Å²) < 4.78 is 19.2. The van der Waals surface area contributed by atoms with Crippen molar-refractivity contribution < 1.29 is 13.6 Å². The van der Waals surface area contributed by atoms with Crippen LogP contribution < -0.4 is 0 Å². The Labute approximate surface area is 149 Å². The molecular formula is C20H34O3Si. The van der Waals surface area contributed by atoms with E-state index in [1.807, 2.05) is 18.2 Å². The second-order valence-corrected chi connectivity index (χ2v) is 13.8. The Balaban J connectivity index is 2.06. The molecule has 0 spiro atoms. The van der Waals surface area contributed by atoms with Crippen LogP contribution in [0.25, 0.3) is 0 Å². The van der Waals surface area contributed by atoms with Gasteiger partial charge in [0.05, 0.1) is 19.3 Å². The fraction of sp³-hybridized carbons (Fsp3) is 0.700. The van der Waals surface area contributed by atoms with Crippen LogP contribution in [0.1, 0.15) is 54.0 Å². The first-order valence-corrected chi connectivity index (χ1v) is 10.8. The summed E-state index contributed by atoms with van der Waals surface area (Å²) in [5.74, 6) is 0.353. The fourth-order valence-corrected chi connectivity index (χ4v) is 8.81. The quantitative estimate of drug-likeness (QED) is 0.690. The fourth-order valence-electron chi connectivity index (χ4n) is 3.70. The summed E-state index contributed by atoms with van der Waals surface area (Å²) in [4.78, 5) is 0. The molecule has 0 radical (unpaired) electrons. The van der Waals surface area contributed by atoms with E-state index in [0.29, 0.717) is 19.1 Å². The number of benzene rings is 1. The molecule has 0 bridgehead atoms. The van der Waals surface area contributed by atoms with E-state index in [4.69, 9.17) is 13.6 Å². The molecule has 3 nitrogen and oxygen atoms in total. The van der Waals surface area contributed by atoms with Gasteiger partial charge in [-0.1, -0.05) is 78.8 Å². The first kappa shape index (κ1) is 19.6. The lowest BCUT2D eigenvalue weighted by molar-refractivity contribution is -0.0624. The molecule has 1 fully saturated rings.